The highest BCUT2D eigenvalue weighted by Gasteiger charge is 2.34. The van der Waals surface area contributed by atoms with Crippen LogP contribution in [0.15, 0.2) is 0 Å². The molecule has 0 aromatic carbocycles. The van der Waals surface area contributed by atoms with Crippen molar-refractivity contribution in [3.8, 4) is 0 Å². The molecule has 2 aliphatic heterocycles. The molecule has 2 aliphatic rings. The highest BCUT2D eigenvalue weighted by molar-refractivity contribution is 4.87. The molecule has 4 nitrogen and oxygen atoms in total. The molecule has 2 rings (SSSR count). The van der Waals surface area contributed by atoms with Crippen molar-refractivity contribution in [3.63, 3.8) is 0 Å². The Kier molecular flexibility index (Phi) is 5.01. The minimum Gasteiger partial charge on any atom is -0.379 e. The molecule has 1 atom stereocenters. The van der Waals surface area contributed by atoms with Gasteiger partial charge in [0, 0.05) is 32.7 Å². The van der Waals surface area contributed by atoms with E-state index in [0.29, 0.717) is 11.3 Å². The molecule has 106 valence electrons. The van der Waals surface area contributed by atoms with E-state index in [4.69, 9.17) is 10.5 Å². The van der Waals surface area contributed by atoms with Gasteiger partial charge in [0.05, 0.1) is 13.2 Å². The molecule has 4 heteroatoms. The average Bonchev–Trinajstić information content (AvgIpc) is 2.37. The first-order valence-corrected chi connectivity index (χ1v) is 7.34. The summed E-state index contributed by atoms with van der Waals surface area (Å²) in [6.07, 6.45) is 1.26. The van der Waals surface area contributed by atoms with Crippen molar-refractivity contribution in [1.82, 2.24) is 9.80 Å². The Hall–Kier alpha value is -0.160. The molecule has 0 bridgehead atoms. The van der Waals surface area contributed by atoms with Gasteiger partial charge < -0.3 is 15.4 Å². The summed E-state index contributed by atoms with van der Waals surface area (Å²) in [5, 5.41) is 0. The van der Waals surface area contributed by atoms with Gasteiger partial charge >= 0.3 is 0 Å². The molecule has 0 aromatic heterocycles. The second-order valence-electron chi connectivity index (χ2n) is 6.44. The van der Waals surface area contributed by atoms with Gasteiger partial charge in [0.15, 0.2) is 0 Å². The molecule has 0 spiro atoms. The van der Waals surface area contributed by atoms with Gasteiger partial charge in [-0.1, -0.05) is 13.8 Å². The van der Waals surface area contributed by atoms with E-state index < -0.39 is 0 Å². The Morgan fingerprint density at radius 2 is 1.78 bits per heavy atom. The number of hydrogen-bond donors (Lipinski definition) is 1. The lowest BCUT2D eigenvalue weighted by Crippen LogP contribution is -2.50. The van der Waals surface area contributed by atoms with Crippen molar-refractivity contribution in [2.45, 2.75) is 20.3 Å². The predicted octanol–water partition coefficient (Wildman–Crippen LogP) is 0.625. The molecule has 2 N–H and O–H groups in total. The summed E-state index contributed by atoms with van der Waals surface area (Å²) >= 11 is 0. The highest BCUT2D eigenvalue weighted by atomic mass is 16.5. The third-order valence-corrected chi connectivity index (χ3v) is 4.65. The first kappa shape index (κ1) is 14.3. The van der Waals surface area contributed by atoms with Crippen molar-refractivity contribution in [2.75, 3.05) is 59.0 Å². The van der Waals surface area contributed by atoms with E-state index in [-0.39, 0.29) is 0 Å². The maximum absolute atomic E-state index is 5.87. The van der Waals surface area contributed by atoms with E-state index in [1.807, 2.05) is 0 Å². The molecule has 0 aromatic rings. The molecule has 0 radical (unpaired) electrons. The zero-order valence-corrected chi connectivity index (χ0v) is 12.0. The molecule has 0 aliphatic carbocycles. The van der Waals surface area contributed by atoms with Crippen LogP contribution < -0.4 is 5.73 Å². The van der Waals surface area contributed by atoms with E-state index in [9.17, 15) is 0 Å². The molecule has 2 fully saturated rings. The van der Waals surface area contributed by atoms with Crippen molar-refractivity contribution in [2.24, 2.45) is 17.1 Å². The Bertz CT molecular complexity index is 251. The van der Waals surface area contributed by atoms with Gasteiger partial charge in [0.25, 0.3) is 0 Å². The molecule has 0 amide bonds. The molecule has 18 heavy (non-hydrogen) atoms. The SMILES string of the molecule is CC1(C)CN(CCN2CCOCC2)CCC1CN. The monoisotopic (exact) mass is 255 g/mol. The van der Waals surface area contributed by atoms with Crippen molar-refractivity contribution < 1.29 is 4.74 Å². The van der Waals surface area contributed by atoms with Crippen molar-refractivity contribution >= 4 is 0 Å². The fourth-order valence-electron chi connectivity index (χ4n) is 3.25. The third-order valence-electron chi connectivity index (χ3n) is 4.65. The number of morpholine rings is 1. The van der Waals surface area contributed by atoms with Crippen LogP contribution in [0.1, 0.15) is 20.3 Å². The molecule has 1 unspecified atom stereocenters. The van der Waals surface area contributed by atoms with Crippen LogP contribution in [0, 0.1) is 11.3 Å². The van der Waals surface area contributed by atoms with Crippen LogP contribution in [0.25, 0.3) is 0 Å². The standard InChI is InChI=1S/C14H29N3O/c1-14(2)12-17(4-3-13(14)11-15)6-5-16-7-9-18-10-8-16/h13H,3-12,15H2,1-2H3. The van der Waals surface area contributed by atoms with Crippen LogP contribution in [0.2, 0.25) is 0 Å². The summed E-state index contributed by atoms with van der Waals surface area (Å²) in [5.74, 6) is 0.692. The molecule has 0 saturated carbocycles. The van der Waals surface area contributed by atoms with Crippen molar-refractivity contribution in [3.05, 3.63) is 0 Å². The smallest absolute Gasteiger partial charge is 0.0594 e. The van der Waals surface area contributed by atoms with Gasteiger partial charge in [-0.15, -0.1) is 0 Å². The van der Waals surface area contributed by atoms with Gasteiger partial charge in [0.2, 0.25) is 0 Å². The van der Waals surface area contributed by atoms with Gasteiger partial charge in [-0.25, -0.2) is 0 Å². The second kappa shape index (κ2) is 6.33. The number of hydrogen-bond acceptors (Lipinski definition) is 4. The van der Waals surface area contributed by atoms with Crippen LogP contribution in [-0.2, 0) is 4.74 Å². The van der Waals surface area contributed by atoms with Gasteiger partial charge in [0.1, 0.15) is 0 Å². The fourth-order valence-corrected chi connectivity index (χ4v) is 3.25. The van der Waals surface area contributed by atoms with E-state index >= 15 is 0 Å². The topological polar surface area (TPSA) is 41.7 Å². The summed E-state index contributed by atoms with van der Waals surface area (Å²) in [6.45, 7) is 14.4. The van der Waals surface area contributed by atoms with E-state index in [0.717, 1.165) is 32.8 Å². The Morgan fingerprint density at radius 1 is 1.11 bits per heavy atom. The Balaban J connectivity index is 1.74. The first-order valence-electron chi connectivity index (χ1n) is 7.34. The number of ether oxygens (including phenoxy) is 1. The minimum atomic E-state index is 0.373. The minimum absolute atomic E-state index is 0.373. The largest absolute Gasteiger partial charge is 0.379 e. The second-order valence-corrected chi connectivity index (χ2v) is 6.44. The van der Waals surface area contributed by atoms with E-state index in [1.165, 1.54) is 32.6 Å². The average molecular weight is 255 g/mol. The van der Waals surface area contributed by atoms with Crippen LogP contribution in [-0.4, -0.2) is 68.8 Å². The number of piperidine rings is 1. The quantitative estimate of drug-likeness (QED) is 0.800. The fraction of sp³-hybridized carbons (Fsp3) is 1.00. The van der Waals surface area contributed by atoms with Crippen LogP contribution >= 0.6 is 0 Å². The van der Waals surface area contributed by atoms with Gasteiger partial charge in [-0.05, 0) is 30.8 Å². The van der Waals surface area contributed by atoms with Gasteiger partial charge in [-0.3, -0.25) is 4.90 Å². The summed E-state index contributed by atoms with van der Waals surface area (Å²) in [6, 6.07) is 0. The van der Waals surface area contributed by atoms with Crippen LogP contribution in [0.4, 0.5) is 0 Å². The maximum atomic E-state index is 5.87. The summed E-state index contributed by atoms with van der Waals surface area (Å²) in [4.78, 5) is 5.13. The third kappa shape index (κ3) is 3.67. The van der Waals surface area contributed by atoms with E-state index in [1.54, 1.807) is 0 Å². The normalized spacial score (nSPS) is 30.5. The lowest BCUT2D eigenvalue weighted by Gasteiger charge is -2.44. The number of likely N-dealkylation sites (tertiary alicyclic amines) is 1. The maximum Gasteiger partial charge on any atom is 0.0594 e. The Morgan fingerprint density at radius 3 is 2.39 bits per heavy atom. The number of nitrogens with two attached hydrogens (primary N) is 1. The summed E-state index contributed by atoms with van der Waals surface area (Å²) in [7, 11) is 0. The number of nitrogens with zero attached hydrogens (tertiary/aromatic N) is 2. The first-order chi connectivity index (χ1) is 8.62. The molecule has 2 saturated heterocycles. The zero-order chi connectivity index (χ0) is 13.0. The molecular formula is C14H29N3O. The summed E-state index contributed by atoms with van der Waals surface area (Å²) < 4.78 is 5.38. The van der Waals surface area contributed by atoms with Crippen LogP contribution in [0.3, 0.4) is 0 Å². The highest BCUT2D eigenvalue weighted by Crippen LogP contribution is 2.33. The zero-order valence-electron chi connectivity index (χ0n) is 12.0. The van der Waals surface area contributed by atoms with E-state index in [2.05, 4.69) is 23.6 Å². The predicted molar refractivity (Wildman–Crippen MR) is 74.6 cm³/mol. The van der Waals surface area contributed by atoms with Crippen LogP contribution in [0.5, 0.6) is 0 Å². The molecular weight excluding hydrogens is 226 g/mol. The molecule has 2 heterocycles. The lowest BCUT2D eigenvalue weighted by atomic mass is 9.74. The Labute approximate surface area is 111 Å². The number of rotatable bonds is 4. The lowest BCUT2D eigenvalue weighted by molar-refractivity contribution is 0.0192. The summed E-state index contributed by atoms with van der Waals surface area (Å²) in [5.41, 5.74) is 6.25. The van der Waals surface area contributed by atoms with Crippen molar-refractivity contribution in [1.29, 1.82) is 0 Å². The van der Waals surface area contributed by atoms with Gasteiger partial charge in [-0.2, -0.15) is 0 Å².